The molecule has 0 spiro atoms. The highest BCUT2D eigenvalue weighted by atomic mass is 16.6. The van der Waals surface area contributed by atoms with Gasteiger partial charge >= 0.3 is 0 Å². The number of likely N-dealkylation sites (N-methyl/N-ethyl adjacent to an activating group) is 1. The standard InChI is InChI=1S/C18H25N3O3/c1-21(11-12-6-7-15-16(10-12)24-9-8-23-15)18(22)17-13-4-2-3-5-14(13)19-20-17/h6-7,10,13-14,17,19-20H,2-5,8-9,11H2,1H3. The van der Waals surface area contributed by atoms with E-state index in [9.17, 15) is 4.79 Å². The topological polar surface area (TPSA) is 62.8 Å². The molecule has 4 rings (SSSR count). The number of carbonyl (C=O) groups excluding carboxylic acids is 1. The van der Waals surface area contributed by atoms with Crippen LogP contribution in [0.1, 0.15) is 31.2 Å². The summed E-state index contributed by atoms with van der Waals surface area (Å²) in [6.07, 6.45) is 4.76. The third-order valence-electron chi connectivity index (χ3n) is 5.34. The lowest BCUT2D eigenvalue weighted by molar-refractivity contribution is -0.133. The SMILES string of the molecule is CN(Cc1ccc2c(c1)OCCO2)C(=O)C1NNC2CCCCC21. The van der Waals surface area contributed by atoms with Crippen molar-refractivity contribution in [3.63, 3.8) is 0 Å². The zero-order valence-corrected chi connectivity index (χ0v) is 14.1. The predicted octanol–water partition coefficient (Wildman–Crippen LogP) is 1.45. The molecule has 1 amide bonds. The van der Waals surface area contributed by atoms with E-state index in [0.29, 0.717) is 31.7 Å². The fourth-order valence-corrected chi connectivity index (χ4v) is 4.06. The zero-order chi connectivity index (χ0) is 16.5. The maximum atomic E-state index is 12.9. The van der Waals surface area contributed by atoms with Crippen molar-refractivity contribution < 1.29 is 14.3 Å². The number of fused-ring (bicyclic) bond motifs is 2. The van der Waals surface area contributed by atoms with Gasteiger partial charge in [-0.25, -0.2) is 5.43 Å². The van der Waals surface area contributed by atoms with Gasteiger partial charge in [0.2, 0.25) is 5.91 Å². The molecule has 130 valence electrons. The molecule has 3 aliphatic rings. The van der Waals surface area contributed by atoms with E-state index in [-0.39, 0.29) is 11.9 Å². The van der Waals surface area contributed by atoms with Gasteiger partial charge in [-0.15, -0.1) is 0 Å². The summed E-state index contributed by atoms with van der Waals surface area (Å²) in [6.45, 7) is 1.74. The summed E-state index contributed by atoms with van der Waals surface area (Å²) in [7, 11) is 1.87. The van der Waals surface area contributed by atoms with Crippen LogP contribution in [0.25, 0.3) is 0 Å². The van der Waals surface area contributed by atoms with Gasteiger partial charge in [0.1, 0.15) is 19.3 Å². The third kappa shape index (κ3) is 2.96. The van der Waals surface area contributed by atoms with E-state index in [1.807, 2.05) is 30.1 Å². The summed E-state index contributed by atoms with van der Waals surface area (Å²) in [4.78, 5) is 14.7. The maximum absolute atomic E-state index is 12.9. The normalized spacial score (nSPS) is 28.3. The van der Waals surface area contributed by atoms with Crippen LogP contribution >= 0.6 is 0 Å². The van der Waals surface area contributed by atoms with E-state index in [1.165, 1.54) is 12.8 Å². The summed E-state index contributed by atoms with van der Waals surface area (Å²) in [5.74, 6) is 2.12. The number of carbonyl (C=O) groups is 1. The molecule has 2 fully saturated rings. The molecule has 0 aromatic heterocycles. The minimum atomic E-state index is -0.113. The highest BCUT2D eigenvalue weighted by Crippen LogP contribution is 2.32. The number of nitrogens with one attached hydrogen (secondary N) is 2. The Morgan fingerprint density at radius 2 is 1.96 bits per heavy atom. The van der Waals surface area contributed by atoms with E-state index in [2.05, 4.69) is 10.9 Å². The van der Waals surface area contributed by atoms with E-state index in [0.717, 1.165) is 29.9 Å². The molecule has 2 N–H and O–H groups in total. The fourth-order valence-electron chi connectivity index (χ4n) is 4.06. The largest absolute Gasteiger partial charge is 0.486 e. The van der Waals surface area contributed by atoms with Gasteiger partial charge in [0.15, 0.2) is 11.5 Å². The van der Waals surface area contributed by atoms with Gasteiger partial charge in [-0.2, -0.15) is 0 Å². The summed E-state index contributed by atoms with van der Waals surface area (Å²) < 4.78 is 11.2. The van der Waals surface area contributed by atoms with Crippen molar-refractivity contribution in [2.24, 2.45) is 5.92 Å². The van der Waals surface area contributed by atoms with Gasteiger partial charge in [-0.1, -0.05) is 18.9 Å². The Morgan fingerprint density at radius 1 is 1.17 bits per heavy atom. The number of nitrogens with zero attached hydrogens (tertiary/aromatic N) is 1. The van der Waals surface area contributed by atoms with Crippen LogP contribution in [0.5, 0.6) is 11.5 Å². The molecule has 24 heavy (non-hydrogen) atoms. The Bertz CT molecular complexity index is 622. The van der Waals surface area contributed by atoms with Gasteiger partial charge in [0.25, 0.3) is 0 Å². The highest BCUT2D eigenvalue weighted by molar-refractivity contribution is 5.82. The first-order chi connectivity index (χ1) is 11.7. The molecule has 2 heterocycles. The van der Waals surface area contributed by atoms with Crippen molar-refractivity contribution in [3.05, 3.63) is 23.8 Å². The van der Waals surface area contributed by atoms with Crippen molar-refractivity contribution in [2.45, 2.75) is 44.3 Å². The lowest BCUT2D eigenvalue weighted by Gasteiger charge is -2.29. The molecule has 0 radical (unpaired) electrons. The number of hydrazine groups is 1. The second-order valence-corrected chi connectivity index (χ2v) is 6.99. The van der Waals surface area contributed by atoms with Gasteiger partial charge in [0, 0.05) is 25.6 Å². The summed E-state index contributed by atoms with van der Waals surface area (Å²) in [5, 5.41) is 0. The average molecular weight is 331 g/mol. The Hall–Kier alpha value is -1.79. The molecule has 3 atom stereocenters. The minimum absolute atomic E-state index is 0.113. The fraction of sp³-hybridized carbons (Fsp3) is 0.611. The van der Waals surface area contributed by atoms with Crippen LogP contribution in [0.4, 0.5) is 0 Å². The molecular weight excluding hydrogens is 306 g/mol. The molecular formula is C18H25N3O3. The Labute approximate surface area is 142 Å². The molecule has 1 saturated carbocycles. The van der Waals surface area contributed by atoms with Crippen LogP contribution in [0.3, 0.4) is 0 Å². The van der Waals surface area contributed by atoms with Crippen LogP contribution in [0.15, 0.2) is 18.2 Å². The quantitative estimate of drug-likeness (QED) is 0.878. The Kier molecular flexibility index (Phi) is 4.33. The Morgan fingerprint density at radius 3 is 2.83 bits per heavy atom. The number of benzene rings is 1. The lowest BCUT2D eigenvalue weighted by atomic mass is 9.81. The maximum Gasteiger partial charge on any atom is 0.241 e. The second kappa shape index (κ2) is 6.61. The third-order valence-corrected chi connectivity index (χ3v) is 5.34. The van der Waals surface area contributed by atoms with E-state index in [4.69, 9.17) is 9.47 Å². The first kappa shape index (κ1) is 15.7. The highest BCUT2D eigenvalue weighted by Gasteiger charge is 2.41. The van der Waals surface area contributed by atoms with Crippen LogP contribution in [-0.2, 0) is 11.3 Å². The zero-order valence-electron chi connectivity index (χ0n) is 14.1. The average Bonchev–Trinajstić information content (AvgIpc) is 3.05. The minimum Gasteiger partial charge on any atom is -0.486 e. The van der Waals surface area contributed by atoms with Gasteiger partial charge in [0.05, 0.1) is 0 Å². The van der Waals surface area contributed by atoms with Crippen molar-refractivity contribution in [2.75, 3.05) is 20.3 Å². The molecule has 0 bridgehead atoms. The number of hydrogen-bond acceptors (Lipinski definition) is 5. The van der Waals surface area contributed by atoms with Crippen molar-refractivity contribution in [1.29, 1.82) is 0 Å². The molecule has 1 aliphatic carbocycles. The van der Waals surface area contributed by atoms with E-state index >= 15 is 0 Å². The predicted molar refractivity (Wildman–Crippen MR) is 89.7 cm³/mol. The molecule has 6 nitrogen and oxygen atoms in total. The van der Waals surface area contributed by atoms with E-state index in [1.54, 1.807) is 0 Å². The van der Waals surface area contributed by atoms with E-state index < -0.39 is 0 Å². The number of ether oxygens (including phenoxy) is 2. The van der Waals surface area contributed by atoms with Crippen LogP contribution < -0.4 is 20.3 Å². The first-order valence-corrected chi connectivity index (χ1v) is 8.87. The van der Waals surface area contributed by atoms with Crippen molar-refractivity contribution in [1.82, 2.24) is 15.8 Å². The molecule has 1 aromatic carbocycles. The first-order valence-electron chi connectivity index (χ1n) is 8.87. The van der Waals surface area contributed by atoms with Gasteiger partial charge in [-0.05, 0) is 30.5 Å². The lowest BCUT2D eigenvalue weighted by Crippen LogP contribution is -2.46. The van der Waals surface area contributed by atoms with Crippen molar-refractivity contribution in [3.8, 4) is 11.5 Å². The van der Waals surface area contributed by atoms with Gasteiger partial charge < -0.3 is 14.4 Å². The molecule has 3 unspecified atom stereocenters. The molecule has 1 aromatic rings. The van der Waals surface area contributed by atoms with Crippen molar-refractivity contribution >= 4 is 5.91 Å². The smallest absolute Gasteiger partial charge is 0.241 e. The van der Waals surface area contributed by atoms with Crippen LogP contribution in [-0.4, -0.2) is 43.2 Å². The van der Waals surface area contributed by atoms with Crippen LogP contribution in [0, 0.1) is 5.92 Å². The summed E-state index contributed by atoms with van der Waals surface area (Å²) in [6, 6.07) is 6.23. The monoisotopic (exact) mass is 331 g/mol. The number of hydrogen-bond donors (Lipinski definition) is 2. The summed E-state index contributed by atoms with van der Waals surface area (Å²) >= 11 is 0. The second-order valence-electron chi connectivity index (χ2n) is 6.99. The van der Waals surface area contributed by atoms with Gasteiger partial charge in [-0.3, -0.25) is 10.2 Å². The molecule has 6 heteroatoms. The molecule has 1 saturated heterocycles. The summed E-state index contributed by atoms with van der Waals surface area (Å²) in [5.41, 5.74) is 7.60. The Balaban J connectivity index is 1.42. The number of amides is 1. The van der Waals surface area contributed by atoms with Crippen LogP contribution in [0.2, 0.25) is 0 Å². The number of rotatable bonds is 3. The molecule has 2 aliphatic heterocycles.